The molecular weight excluding hydrogens is 294 g/mol. The Labute approximate surface area is 137 Å². The van der Waals surface area contributed by atoms with Crippen LogP contribution in [0.2, 0.25) is 0 Å². The molecule has 1 atom stereocenters. The fourth-order valence-corrected chi connectivity index (χ4v) is 3.00. The van der Waals surface area contributed by atoms with Crippen molar-refractivity contribution in [2.24, 2.45) is 0 Å². The van der Waals surface area contributed by atoms with Crippen molar-refractivity contribution < 1.29 is 9.53 Å². The van der Waals surface area contributed by atoms with Gasteiger partial charge in [0.1, 0.15) is 5.69 Å². The summed E-state index contributed by atoms with van der Waals surface area (Å²) in [5, 5.41) is 3.17. The topological polar surface area (TPSA) is 70.6 Å². The highest BCUT2D eigenvalue weighted by Crippen LogP contribution is 2.13. The zero-order valence-corrected chi connectivity index (χ0v) is 13.7. The summed E-state index contributed by atoms with van der Waals surface area (Å²) in [6.45, 7) is 8.07. The number of carbonyl (C=O) groups is 1. The summed E-state index contributed by atoms with van der Waals surface area (Å²) in [5.74, 6) is 0.488. The number of carbonyl (C=O) groups excluding carboxylic acids is 1. The predicted molar refractivity (Wildman–Crippen MR) is 87.5 cm³/mol. The van der Waals surface area contributed by atoms with Crippen molar-refractivity contribution in [3.05, 3.63) is 18.0 Å². The number of aromatic nitrogens is 2. The normalized spacial score (nSPS) is 22.3. The lowest BCUT2D eigenvalue weighted by molar-refractivity contribution is 0.0637. The number of rotatable bonds is 5. The largest absolute Gasteiger partial charge is 0.376 e. The van der Waals surface area contributed by atoms with Crippen LogP contribution in [0.5, 0.6) is 0 Å². The summed E-state index contributed by atoms with van der Waals surface area (Å²) < 4.78 is 5.57. The Bertz CT molecular complexity index is 525. The van der Waals surface area contributed by atoms with Crippen LogP contribution >= 0.6 is 0 Å². The summed E-state index contributed by atoms with van der Waals surface area (Å²) in [6.07, 6.45) is 4.03. The van der Waals surface area contributed by atoms with Crippen molar-refractivity contribution >= 4 is 11.9 Å². The molecule has 23 heavy (non-hydrogen) atoms. The lowest BCUT2D eigenvalue weighted by Gasteiger charge is -2.33. The number of hydrogen-bond acceptors (Lipinski definition) is 6. The van der Waals surface area contributed by atoms with E-state index in [4.69, 9.17) is 4.74 Å². The van der Waals surface area contributed by atoms with Crippen LogP contribution in [0.1, 0.15) is 30.3 Å². The van der Waals surface area contributed by atoms with E-state index in [-0.39, 0.29) is 12.0 Å². The minimum Gasteiger partial charge on any atom is -0.376 e. The van der Waals surface area contributed by atoms with Crippen LogP contribution in [0.4, 0.5) is 5.95 Å². The Hall–Kier alpha value is -1.73. The van der Waals surface area contributed by atoms with Gasteiger partial charge in [-0.1, -0.05) is 6.92 Å². The maximum atomic E-state index is 12.6. The molecule has 7 heteroatoms. The smallest absolute Gasteiger partial charge is 0.272 e. The van der Waals surface area contributed by atoms with Gasteiger partial charge in [0.2, 0.25) is 5.95 Å². The number of nitrogens with one attached hydrogen (secondary N) is 1. The Morgan fingerprint density at radius 2 is 2.22 bits per heavy atom. The van der Waals surface area contributed by atoms with Crippen molar-refractivity contribution in [2.45, 2.75) is 25.9 Å². The van der Waals surface area contributed by atoms with Crippen LogP contribution in [-0.4, -0.2) is 77.7 Å². The van der Waals surface area contributed by atoms with E-state index in [1.165, 1.54) is 0 Å². The predicted octanol–water partition coefficient (Wildman–Crippen LogP) is 0.845. The standard InChI is InChI=1S/C16H25N5O2/c1-2-20-7-9-21(10-8-20)15(22)14-5-6-17-16(19-14)18-12-13-4-3-11-23-13/h5-6,13H,2-4,7-12H2,1H3,(H,17,18,19). The molecule has 0 spiro atoms. The number of hydrogen-bond donors (Lipinski definition) is 1. The molecule has 0 saturated carbocycles. The van der Waals surface area contributed by atoms with Gasteiger partial charge in [-0.2, -0.15) is 0 Å². The highest BCUT2D eigenvalue weighted by molar-refractivity contribution is 5.92. The van der Waals surface area contributed by atoms with Crippen molar-refractivity contribution in [3.8, 4) is 0 Å². The second-order valence-corrected chi connectivity index (χ2v) is 6.01. The molecule has 1 aromatic heterocycles. The molecule has 0 bridgehead atoms. The average Bonchev–Trinajstić information content (AvgIpc) is 3.13. The van der Waals surface area contributed by atoms with Crippen molar-refractivity contribution in [1.29, 1.82) is 0 Å². The van der Waals surface area contributed by atoms with Gasteiger partial charge in [-0.15, -0.1) is 0 Å². The molecule has 1 N–H and O–H groups in total. The molecule has 1 unspecified atom stereocenters. The van der Waals surface area contributed by atoms with Gasteiger partial charge in [-0.05, 0) is 25.5 Å². The SMILES string of the molecule is CCN1CCN(C(=O)c2ccnc(NCC3CCCO3)n2)CC1. The summed E-state index contributed by atoms with van der Waals surface area (Å²) in [6, 6.07) is 1.69. The quantitative estimate of drug-likeness (QED) is 0.867. The molecule has 1 amide bonds. The molecular formula is C16H25N5O2. The van der Waals surface area contributed by atoms with Gasteiger partial charge in [0.05, 0.1) is 6.10 Å². The first-order valence-electron chi connectivity index (χ1n) is 8.46. The van der Waals surface area contributed by atoms with Gasteiger partial charge in [0, 0.05) is 45.5 Å². The van der Waals surface area contributed by atoms with Gasteiger partial charge < -0.3 is 19.9 Å². The molecule has 126 valence electrons. The van der Waals surface area contributed by atoms with E-state index in [0.717, 1.165) is 52.2 Å². The van der Waals surface area contributed by atoms with E-state index in [2.05, 4.69) is 27.1 Å². The molecule has 0 aromatic carbocycles. The summed E-state index contributed by atoms with van der Waals surface area (Å²) in [7, 11) is 0. The Kier molecular flexibility index (Phi) is 5.40. The van der Waals surface area contributed by atoms with Crippen LogP contribution < -0.4 is 5.32 Å². The maximum absolute atomic E-state index is 12.6. The van der Waals surface area contributed by atoms with E-state index in [0.29, 0.717) is 18.2 Å². The van der Waals surface area contributed by atoms with Crippen LogP contribution in [0, 0.1) is 0 Å². The van der Waals surface area contributed by atoms with Gasteiger partial charge in [0.15, 0.2) is 0 Å². The molecule has 2 saturated heterocycles. The van der Waals surface area contributed by atoms with Crippen molar-refractivity contribution in [3.63, 3.8) is 0 Å². The fraction of sp³-hybridized carbons (Fsp3) is 0.688. The molecule has 2 aliphatic rings. The first-order chi connectivity index (χ1) is 11.3. The highest BCUT2D eigenvalue weighted by atomic mass is 16.5. The minimum atomic E-state index is -0.0108. The van der Waals surface area contributed by atoms with Crippen LogP contribution in [0.3, 0.4) is 0 Å². The van der Waals surface area contributed by atoms with Crippen LogP contribution in [-0.2, 0) is 4.74 Å². The van der Waals surface area contributed by atoms with Crippen molar-refractivity contribution in [1.82, 2.24) is 19.8 Å². The summed E-state index contributed by atoms with van der Waals surface area (Å²) in [4.78, 5) is 25.4. The van der Waals surface area contributed by atoms with Crippen LogP contribution in [0.15, 0.2) is 12.3 Å². The highest BCUT2D eigenvalue weighted by Gasteiger charge is 2.22. The molecule has 3 heterocycles. The Balaban J connectivity index is 1.56. The van der Waals surface area contributed by atoms with E-state index in [1.54, 1.807) is 12.3 Å². The zero-order valence-electron chi connectivity index (χ0n) is 13.7. The second kappa shape index (κ2) is 7.70. The Morgan fingerprint density at radius 3 is 2.91 bits per heavy atom. The third-order valence-electron chi connectivity index (χ3n) is 4.49. The molecule has 2 fully saturated rings. The molecule has 7 nitrogen and oxygen atoms in total. The Morgan fingerprint density at radius 1 is 1.39 bits per heavy atom. The minimum absolute atomic E-state index is 0.0108. The second-order valence-electron chi connectivity index (χ2n) is 6.01. The van der Waals surface area contributed by atoms with Gasteiger partial charge >= 0.3 is 0 Å². The van der Waals surface area contributed by atoms with Crippen molar-refractivity contribution in [2.75, 3.05) is 51.2 Å². The molecule has 1 aromatic rings. The van der Waals surface area contributed by atoms with Crippen LogP contribution in [0.25, 0.3) is 0 Å². The number of piperazine rings is 1. The summed E-state index contributed by atoms with van der Waals surface area (Å²) in [5.41, 5.74) is 0.458. The maximum Gasteiger partial charge on any atom is 0.272 e. The molecule has 2 aliphatic heterocycles. The summed E-state index contributed by atoms with van der Waals surface area (Å²) >= 11 is 0. The third-order valence-corrected chi connectivity index (χ3v) is 4.49. The van der Waals surface area contributed by atoms with Gasteiger partial charge in [-0.25, -0.2) is 9.97 Å². The van der Waals surface area contributed by atoms with Gasteiger partial charge in [-0.3, -0.25) is 4.79 Å². The van der Waals surface area contributed by atoms with Gasteiger partial charge in [0.25, 0.3) is 5.91 Å². The average molecular weight is 319 g/mol. The first-order valence-corrected chi connectivity index (χ1v) is 8.46. The van der Waals surface area contributed by atoms with E-state index in [9.17, 15) is 4.79 Å². The molecule has 0 aliphatic carbocycles. The van der Waals surface area contributed by atoms with E-state index in [1.807, 2.05) is 4.90 Å². The third kappa shape index (κ3) is 4.17. The molecule has 0 radical (unpaired) electrons. The number of anilines is 1. The molecule has 3 rings (SSSR count). The number of nitrogens with zero attached hydrogens (tertiary/aromatic N) is 4. The lowest BCUT2D eigenvalue weighted by atomic mass is 10.2. The van der Waals surface area contributed by atoms with E-state index < -0.39 is 0 Å². The lowest BCUT2D eigenvalue weighted by Crippen LogP contribution is -2.48. The fourth-order valence-electron chi connectivity index (χ4n) is 3.00. The number of amides is 1. The first kappa shape index (κ1) is 16.1. The number of likely N-dealkylation sites (N-methyl/N-ethyl adjacent to an activating group) is 1. The zero-order chi connectivity index (χ0) is 16.1. The monoisotopic (exact) mass is 319 g/mol. The van der Waals surface area contributed by atoms with E-state index >= 15 is 0 Å². The number of ether oxygens (including phenoxy) is 1.